The van der Waals surface area contributed by atoms with Crippen molar-refractivity contribution >= 4 is 0 Å². The van der Waals surface area contributed by atoms with Crippen LogP contribution >= 0.6 is 0 Å². The van der Waals surface area contributed by atoms with Gasteiger partial charge in [-0.2, -0.15) is 0 Å². The Morgan fingerprint density at radius 1 is 1.05 bits per heavy atom. The summed E-state index contributed by atoms with van der Waals surface area (Å²) >= 11 is 0. The van der Waals surface area contributed by atoms with Crippen LogP contribution in [0.3, 0.4) is 0 Å². The second-order valence-corrected chi connectivity index (χ2v) is 6.16. The van der Waals surface area contributed by atoms with Crippen molar-refractivity contribution in [2.75, 3.05) is 7.05 Å². The fourth-order valence-electron chi connectivity index (χ4n) is 3.59. The van der Waals surface area contributed by atoms with Crippen molar-refractivity contribution in [1.29, 1.82) is 0 Å². The number of aryl methyl sites for hydroxylation is 1. The molecule has 0 saturated heterocycles. The summed E-state index contributed by atoms with van der Waals surface area (Å²) in [7, 11) is 2.01. The average Bonchev–Trinajstić information content (AvgIpc) is 2.96. The highest BCUT2D eigenvalue weighted by Crippen LogP contribution is 2.33. The number of nitrogens with one attached hydrogen (secondary N) is 1. The molecule has 1 aliphatic carbocycles. The standard InChI is InChI=1S/C19H25NO/c1-14-18(12-13-21-14)19(20-2)17-10-8-16(9-11-17)15-6-4-3-5-7-15/h8-13,15,19-20H,3-7H2,1-2H3. The Kier molecular flexibility index (Phi) is 4.45. The van der Waals surface area contributed by atoms with Crippen LogP contribution in [-0.2, 0) is 0 Å². The van der Waals surface area contributed by atoms with Gasteiger partial charge >= 0.3 is 0 Å². The van der Waals surface area contributed by atoms with E-state index >= 15 is 0 Å². The summed E-state index contributed by atoms with van der Waals surface area (Å²) in [5.74, 6) is 1.77. The number of benzene rings is 1. The quantitative estimate of drug-likeness (QED) is 0.859. The van der Waals surface area contributed by atoms with Gasteiger partial charge in [0.2, 0.25) is 0 Å². The summed E-state index contributed by atoms with van der Waals surface area (Å²) in [6, 6.07) is 11.5. The van der Waals surface area contributed by atoms with E-state index in [0.717, 1.165) is 11.7 Å². The highest BCUT2D eigenvalue weighted by Gasteiger charge is 2.18. The van der Waals surface area contributed by atoms with Gasteiger partial charge in [-0.1, -0.05) is 43.5 Å². The molecule has 3 rings (SSSR count). The summed E-state index contributed by atoms with van der Waals surface area (Å²) in [5, 5.41) is 3.40. The van der Waals surface area contributed by atoms with Crippen LogP contribution in [0.5, 0.6) is 0 Å². The van der Waals surface area contributed by atoms with Crippen molar-refractivity contribution in [3.05, 3.63) is 59.0 Å². The van der Waals surface area contributed by atoms with E-state index in [9.17, 15) is 0 Å². The molecule has 1 aromatic carbocycles. The molecule has 1 N–H and O–H groups in total. The Balaban J connectivity index is 1.80. The average molecular weight is 283 g/mol. The van der Waals surface area contributed by atoms with Gasteiger partial charge in [0.25, 0.3) is 0 Å². The van der Waals surface area contributed by atoms with Crippen LogP contribution in [0.25, 0.3) is 0 Å². The Bertz CT molecular complexity index is 564. The van der Waals surface area contributed by atoms with Crippen LogP contribution in [0.15, 0.2) is 41.0 Å². The van der Waals surface area contributed by atoms with Gasteiger partial charge in [-0.25, -0.2) is 0 Å². The van der Waals surface area contributed by atoms with Gasteiger partial charge in [-0.05, 0) is 49.9 Å². The molecule has 2 heteroatoms. The van der Waals surface area contributed by atoms with Crippen molar-refractivity contribution in [3.8, 4) is 0 Å². The SMILES string of the molecule is CNC(c1ccc(C2CCCCC2)cc1)c1ccoc1C. The van der Waals surface area contributed by atoms with E-state index in [1.807, 2.05) is 14.0 Å². The molecule has 112 valence electrons. The van der Waals surface area contributed by atoms with Crippen LogP contribution in [-0.4, -0.2) is 7.05 Å². The first-order valence-electron chi connectivity index (χ1n) is 8.10. The van der Waals surface area contributed by atoms with Gasteiger partial charge in [-0.3, -0.25) is 0 Å². The highest BCUT2D eigenvalue weighted by atomic mass is 16.3. The molecular weight excluding hydrogens is 258 g/mol. The molecule has 2 nitrogen and oxygen atoms in total. The smallest absolute Gasteiger partial charge is 0.105 e. The molecular formula is C19H25NO. The van der Waals surface area contributed by atoms with Gasteiger partial charge in [-0.15, -0.1) is 0 Å². The molecule has 0 aliphatic heterocycles. The normalized spacial score (nSPS) is 17.8. The zero-order valence-corrected chi connectivity index (χ0v) is 13.1. The van der Waals surface area contributed by atoms with Crippen LogP contribution in [0.4, 0.5) is 0 Å². The van der Waals surface area contributed by atoms with E-state index in [0.29, 0.717) is 0 Å². The van der Waals surface area contributed by atoms with Gasteiger partial charge in [0.05, 0.1) is 12.3 Å². The summed E-state index contributed by atoms with van der Waals surface area (Å²) < 4.78 is 5.45. The number of hydrogen-bond donors (Lipinski definition) is 1. The molecule has 1 unspecified atom stereocenters. The third-order valence-electron chi connectivity index (χ3n) is 4.85. The fraction of sp³-hybridized carbons (Fsp3) is 0.474. The van der Waals surface area contributed by atoms with Crippen molar-refractivity contribution < 1.29 is 4.42 Å². The molecule has 0 bridgehead atoms. The Labute approximate surface area is 127 Å². The molecule has 1 saturated carbocycles. The molecule has 0 spiro atoms. The molecule has 1 aliphatic rings. The van der Waals surface area contributed by atoms with Gasteiger partial charge in [0.15, 0.2) is 0 Å². The van der Waals surface area contributed by atoms with Crippen molar-refractivity contribution in [1.82, 2.24) is 5.32 Å². The van der Waals surface area contributed by atoms with Crippen molar-refractivity contribution in [3.63, 3.8) is 0 Å². The fourth-order valence-corrected chi connectivity index (χ4v) is 3.59. The Hall–Kier alpha value is -1.54. The van der Waals surface area contributed by atoms with E-state index < -0.39 is 0 Å². The lowest BCUT2D eigenvalue weighted by Crippen LogP contribution is -2.18. The molecule has 1 aromatic heterocycles. The molecule has 1 atom stereocenters. The zero-order valence-electron chi connectivity index (χ0n) is 13.1. The first-order chi connectivity index (χ1) is 10.3. The lowest BCUT2D eigenvalue weighted by atomic mass is 9.83. The first kappa shape index (κ1) is 14.4. The van der Waals surface area contributed by atoms with E-state index in [1.165, 1.54) is 48.8 Å². The van der Waals surface area contributed by atoms with Crippen LogP contribution in [0, 0.1) is 6.92 Å². The topological polar surface area (TPSA) is 25.2 Å². The van der Waals surface area contributed by atoms with Crippen LogP contribution in [0.2, 0.25) is 0 Å². The van der Waals surface area contributed by atoms with Crippen LogP contribution < -0.4 is 5.32 Å². The number of rotatable bonds is 4. The largest absolute Gasteiger partial charge is 0.469 e. The maximum absolute atomic E-state index is 5.45. The Morgan fingerprint density at radius 3 is 2.33 bits per heavy atom. The minimum absolute atomic E-state index is 0.212. The first-order valence-corrected chi connectivity index (χ1v) is 8.10. The molecule has 0 radical (unpaired) electrons. The molecule has 1 heterocycles. The summed E-state index contributed by atoms with van der Waals surface area (Å²) in [4.78, 5) is 0. The third-order valence-corrected chi connectivity index (χ3v) is 4.85. The lowest BCUT2D eigenvalue weighted by molar-refractivity contribution is 0.443. The van der Waals surface area contributed by atoms with Gasteiger partial charge in [0, 0.05) is 5.56 Å². The number of hydrogen-bond acceptors (Lipinski definition) is 2. The van der Waals surface area contributed by atoms with Gasteiger partial charge < -0.3 is 9.73 Å². The maximum atomic E-state index is 5.45. The van der Waals surface area contributed by atoms with Crippen molar-refractivity contribution in [2.24, 2.45) is 0 Å². The predicted molar refractivity (Wildman–Crippen MR) is 86.6 cm³/mol. The van der Waals surface area contributed by atoms with Gasteiger partial charge in [0.1, 0.15) is 5.76 Å². The highest BCUT2D eigenvalue weighted by molar-refractivity contribution is 5.35. The Morgan fingerprint density at radius 2 is 1.76 bits per heavy atom. The van der Waals surface area contributed by atoms with E-state index in [4.69, 9.17) is 4.42 Å². The zero-order chi connectivity index (χ0) is 14.7. The third kappa shape index (κ3) is 3.06. The van der Waals surface area contributed by atoms with E-state index in [1.54, 1.807) is 6.26 Å². The van der Waals surface area contributed by atoms with E-state index in [-0.39, 0.29) is 6.04 Å². The van der Waals surface area contributed by atoms with E-state index in [2.05, 4.69) is 35.6 Å². The predicted octanol–water partition coefficient (Wildman–Crippen LogP) is 4.94. The molecule has 21 heavy (non-hydrogen) atoms. The van der Waals surface area contributed by atoms with Crippen molar-refractivity contribution in [2.45, 2.75) is 51.0 Å². The maximum Gasteiger partial charge on any atom is 0.105 e. The second-order valence-electron chi connectivity index (χ2n) is 6.16. The monoisotopic (exact) mass is 283 g/mol. The molecule has 0 amide bonds. The summed E-state index contributed by atoms with van der Waals surface area (Å²) in [6.45, 7) is 2.02. The molecule has 1 fully saturated rings. The minimum Gasteiger partial charge on any atom is -0.469 e. The molecule has 2 aromatic rings. The second kappa shape index (κ2) is 6.48. The number of furan rings is 1. The summed E-state index contributed by atoms with van der Waals surface area (Å²) in [6.07, 6.45) is 8.67. The van der Waals surface area contributed by atoms with Crippen LogP contribution in [0.1, 0.15) is 66.5 Å². The minimum atomic E-state index is 0.212. The lowest BCUT2D eigenvalue weighted by Gasteiger charge is -2.23. The summed E-state index contributed by atoms with van der Waals surface area (Å²) in [5.41, 5.74) is 4.04.